The van der Waals surface area contributed by atoms with E-state index in [0.717, 1.165) is 22.0 Å². The minimum atomic E-state index is -3.95. The van der Waals surface area contributed by atoms with Crippen molar-refractivity contribution in [3.8, 4) is 11.3 Å². The van der Waals surface area contributed by atoms with Crippen LogP contribution in [-0.2, 0) is 19.6 Å². The summed E-state index contributed by atoms with van der Waals surface area (Å²) >= 11 is 0. The molecule has 1 heterocycles. The Morgan fingerprint density at radius 1 is 0.943 bits per heavy atom. The van der Waals surface area contributed by atoms with E-state index in [9.17, 15) is 13.2 Å². The number of fused-ring (bicyclic) bond motifs is 1. The van der Waals surface area contributed by atoms with Crippen LogP contribution in [0.5, 0.6) is 0 Å². The molecule has 0 aliphatic heterocycles. The smallest absolute Gasteiger partial charge is 0.321 e. The number of anilines is 2. The standard InChI is InChI=1S/C26H26N4O4S/c1-4-34-24(31)16-27-35(32,33)23-15-19(13-12-18(23)3)25-21-10-5-6-11-22(21)26(30-29-25)28-20-9-7-8-17(2)14-20/h5-15,27H,4,16H2,1-3H3,(H,28,30). The summed E-state index contributed by atoms with van der Waals surface area (Å²) in [6, 6.07) is 20.7. The van der Waals surface area contributed by atoms with Crippen molar-refractivity contribution in [2.75, 3.05) is 18.5 Å². The first kappa shape index (κ1) is 24.3. The highest BCUT2D eigenvalue weighted by atomic mass is 32.2. The fourth-order valence-electron chi connectivity index (χ4n) is 3.75. The molecule has 0 bridgehead atoms. The third-order valence-electron chi connectivity index (χ3n) is 5.43. The summed E-state index contributed by atoms with van der Waals surface area (Å²) in [5, 5.41) is 13.9. The number of carbonyl (C=O) groups is 1. The summed E-state index contributed by atoms with van der Waals surface area (Å²) in [5.41, 5.74) is 3.71. The lowest BCUT2D eigenvalue weighted by Crippen LogP contribution is -2.31. The van der Waals surface area contributed by atoms with Gasteiger partial charge in [0.25, 0.3) is 0 Å². The van der Waals surface area contributed by atoms with Crippen molar-refractivity contribution in [2.45, 2.75) is 25.7 Å². The molecule has 0 saturated carbocycles. The molecule has 8 nitrogen and oxygen atoms in total. The van der Waals surface area contributed by atoms with Gasteiger partial charge >= 0.3 is 5.97 Å². The Hall–Kier alpha value is -3.82. The van der Waals surface area contributed by atoms with Gasteiger partial charge < -0.3 is 10.1 Å². The number of rotatable bonds is 8. The van der Waals surface area contributed by atoms with Crippen LogP contribution >= 0.6 is 0 Å². The molecule has 0 spiro atoms. The number of sulfonamides is 1. The van der Waals surface area contributed by atoms with Gasteiger partial charge in [-0.15, -0.1) is 10.2 Å². The molecule has 0 unspecified atom stereocenters. The molecule has 0 radical (unpaired) electrons. The van der Waals surface area contributed by atoms with Crippen LogP contribution in [0.1, 0.15) is 18.1 Å². The van der Waals surface area contributed by atoms with Crippen molar-refractivity contribution in [3.63, 3.8) is 0 Å². The Morgan fingerprint density at radius 2 is 1.71 bits per heavy atom. The van der Waals surface area contributed by atoms with Gasteiger partial charge in [-0.25, -0.2) is 8.42 Å². The van der Waals surface area contributed by atoms with Gasteiger partial charge in [0, 0.05) is 22.0 Å². The molecular formula is C26H26N4O4S. The summed E-state index contributed by atoms with van der Waals surface area (Å²) < 4.78 is 33.0. The molecule has 0 saturated heterocycles. The number of hydrogen-bond acceptors (Lipinski definition) is 7. The van der Waals surface area contributed by atoms with E-state index in [0.29, 0.717) is 22.6 Å². The summed E-state index contributed by atoms with van der Waals surface area (Å²) in [6.07, 6.45) is 0. The van der Waals surface area contributed by atoms with E-state index in [1.165, 1.54) is 0 Å². The van der Waals surface area contributed by atoms with E-state index >= 15 is 0 Å². The van der Waals surface area contributed by atoms with Crippen LogP contribution in [0, 0.1) is 13.8 Å². The largest absolute Gasteiger partial charge is 0.465 e. The van der Waals surface area contributed by atoms with E-state index in [2.05, 4.69) is 20.2 Å². The monoisotopic (exact) mass is 490 g/mol. The first-order valence-electron chi connectivity index (χ1n) is 11.1. The van der Waals surface area contributed by atoms with E-state index in [1.807, 2.05) is 61.5 Å². The number of nitrogens with zero attached hydrogens (tertiary/aromatic N) is 2. The van der Waals surface area contributed by atoms with Crippen LogP contribution in [0.2, 0.25) is 0 Å². The average Bonchev–Trinajstić information content (AvgIpc) is 2.84. The third kappa shape index (κ3) is 5.47. The highest BCUT2D eigenvalue weighted by molar-refractivity contribution is 7.89. The maximum atomic E-state index is 12.9. The van der Waals surface area contributed by atoms with E-state index in [4.69, 9.17) is 4.74 Å². The van der Waals surface area contributed by atoms with Gasteiger partial charge in [-0.3, -0.25) is 4.79 Å². The number of nitrogens with one attached hydrogen (secondary N) is 2. The molecule has 4 rings (SSSR count). The first-order valence-corrected chi connectivity index (χ1v) is 12.6. The fourth-order valence-corrected chi connectivity index (χ4v) is 4.99. The Morgan fingerprint density at radius 3 is 2.46 bits per heavy atom. The summed E-state index contributed by atoms with van der Waals surface area (Å²) in [7, 11) is -3.95. The molecule has 1 aromatic heterocycles. The highest BCUT2D eigenvalue weighted by Crippen LogP contribution is 2.32. The average molecular weight is 491 g/mol. The zero-order chi connectivity index (χ0) is 25.0. The van der Waals surface area contributed by atoms with Crippen molar-refractivity contribution < 1.29 is 17.9 Å². The number of aromatic nitrogens is 2. The summed E-state index contributed by atoms with van der Waals surface area (Å²) in [5.74, 6) is -0.0375. The first-order chi connectivity index (χ1) is 16.8. The predicted octanol–water partition coefficient (Wildman–Crippen LogP) is 4.50. The van der Waals surface area contributed by atoms with Crippen LogP contribution in [0.15, 0.2) is 71.6 Å². The number of carbonyl (C=O) groups excluding carboxylic acids is 1. The molecule has 0 aliphatic carbocycles. The van der Waals surface area contributed by atoms with Gasteiger partial charge in [-0.2, -0.15) is 4.72 Å². The number of esters is 1. The SMILES string of the molecule is CCOC(=O)CNS(=O)(=O)c1cc(-c2nnc(Nc3cccc(C)c3)c3ccccc23)ccc1C. The molecule has 2 N–H and O–H groups in total. The highest BCUT2D eigenvalue weighted by Gasteiger charge is 2.20. The second-order valence-electron chi connectivity index (χ2n) is 8.05. The lowest BCUT2D eigenvalue weighted by atomic mass is 10.0. The number of hydrogen-bond donors (Lipinski definition) is 2. The fraction of sp³-hybridized carbons (Fsp3) is 0.192. The van der Waals surface area contributed by atoms with Gasteiger partial charge in [0.15, 0.2) is 5.82 Å². The maximum Gasteiger partial charge on any atom is 0.321 e. The van der Waals surface area contributed by atoms with Crippen LogP contribution < -0.4 is 10.0 Å². The van der Waals surface area contributed by atoms with Gasteiger partial charge in [0.05, 0.1) is 11.5 Å². The minimum Gasteiger partial charge on any atom is -0.465 e. The quantitative estimate of drug-likeness (QED) is 0.350. The van der Waals surface area contributed by atoms with Crippen LogP contribution in [0.3, 0.4) is 0 Å². The topological polar surface area (TPSA) is 110 Å². The Labute approximate surface area is 204 Å². The van der Waals surface area contributed by atoms with Gasteiger partial charge in [-0.05, 0) is 50.1 Å². The Kier molecular flexibility index (Phi) is 7.09. The minimum absolute atomic E-state index is 0.0622. The molecule has 3 aromatic carbocycles. The molecular weight excluding hydrogens is 464 g/mol. The second-order valence-corrected chi connectivity index (χ2v) is 9.78. The predicted molar refractivity (Wildman–Crippen MR) is 136 cm³/mol. The van der Waals surface area contributed by atoms with Crippen molar-refractivity contribution in [1.82, 2.24) is 14.9 Å². The lowest BCUT2D eigenvalue weighted by molar-refractivity contribution is -0.141. The molecule has 35 heavy (non-hydrogen) atoms. The summed E-state index contributed by atoms with van der Waals surface area (Å²) in [4.78, 5) is 11.7. The number of ether oxygens (including phenoxy) is 1. The van der Waals surface area contributed by atoms with Crippen molar-refractivity contribution in [1.29, 1.82) is 0 Å². The normalized spacial score (nSPS) is 11.4. The van der Waals surface area contributed by atoms with E-state index < -0.39 is 22.5 Å². The molecule has 0 atom stereocenters. The van der Waals surface area contributed by atoms with Crippen LogP contribution in [0.25, 0.3) is 22.0 Å². The molecule has 0 amide bonds. The lowest BCUT2D eigenvalue weighted by Gasteiger charge is -2.14. The van der Waals surface area contributed by atoms with E-state index in [-0.39, 0.29) is 11.5 Å². The molecule has 4 aromatic rings. The second kappa shape index (κ2) is 10.2. The van der Waals surface area contributed by atoms with E-state index in [1.54, 1.807) is 26.0 Å². The van der Waals surface area contributed by atoms with Gasteiger partial charge in [-0.1, -0.05) is 48.5 Å². The molecule has 0 fully saturated rings. The maximum absolute atomic E-state index is 12.9. The molecule has 180 valence electrons. The Bertz CT molecular complexity index is 1500. The van der Waals surface area contributed by atoms with Crippen LogP contribution in [0.4, 0.5) is 11.5 Å². The summed E-state index contributed by atoms with van der Waals surface area (Å²) in [6.45, 7) is 5.11. The molecule has 9 heteroatoms. The zero-order valence-corrected chi connectivity index (χ0v) is 20.5. The molecule has 0 aliphatic rings. The Balaban J connectivity index is 1.73. The number of benzene rings is 3. The zero-order valence-electron chi connectivity index (χ0n) is 19.7. The van der Waals surface area contributed by atoms with Crippen molar-refractivity contribution in [2.24, 2.45) is 0 Å². The van der Waals surface area contributed by atoms with Crippen molar-refractivity contribution >= 4 is 38.3 Å². The van der Waals surface area contributed by atoms with Crippen molar-refractivity contribution in [3.05, 3.63) is 77.9 Å². The number of aryl methyl sites for hydroxylation is 2. The third-order valence-corrected chi connectivity index (χ3v) is 6.97. The van der Waals surface area contributed by atoms with Gasteiger partial charge in [0.2, 0.25) is 10.0 Å². The van der Waals surface area contributed by atoms with Gasteiger partial charge in [0.1, 0.15) is 12.2 Å². The van der Waals surface area contributed by atoms with Crippen LogP contribution in [-0.4, -0.2) is 37.7 Å².